The molecule has 0 bridgehead atoms. The molecule has 1 heterocycles. The lowest BCUT2D eigenvalue weighted by molar-refractivity contribution is 0.102. The van der Waals surface area contributed by atoms with Crippen LogP contribution in [0, 0.1) is 11.6 Å². The molecule has 0 saturated carbocycles. The van der Waals surface area contributed by atoms with Crippen LogP contribution >= 0.6 is 0 Å². The summed E-state index contributed by atoms with van der Waals surface area (Å²) in [7, 11) is 0. The molecule has 0 aliphatic rings. The van der Waals surface area contributed by atoms with Gasteiger partial charge in [-0.1, -0.05) is 18.2 Å². The minimum atomic E-state index is -0.861. The van der Waals surface area contributed by atoms with Gasteiger partial charge in [-0.2, -0.15) is 0 Å². The van der Waals surface area contributed by atoms with E-state index in [1.165, 1.54) is 12.3 Å². The first-order chi connectivity index (χ1) is 11.6. The Labute approximate surface area is 136 Å². The first-order valence-corrected chi connectivity index (χ1v) is 7.03. The second-order valence-corrected chi connectivity index (χ2v) is 4.83. The van der Waals surface area contributed by atoms with Crippen molar-refractivity contribution >= 4 is 23.2 Å². The lowest BCUT2D eigenvalue weighted by Crippen LogP contribution is -2.15. The molecule has 2 aromatic carbocycles. The van der Waals surface area contributed by atoms with Crippen LogP contribution in [0.3, 0.4) is 0 Å². The van der Waals surface area contributed by atoms with Crippen molar-refractivity contribution in [2.24, 2.45) is 0 Å². The zero-order valence-electron chi connectivity index (χ0n) is 12.3. The Bertz CT molecular complexity index is 871. The van der Waals surface area contributed by atoms with Crippen molar-refractivity contribution in [3.63, 3.8) is 0 Å². The van der Waals surface area contributed by atoms with Gasteiger partial charge in [0.05, 0.1) is 5.69 Å². The van der Waals surface area contributed by atoms with Gasteiger partial charge >= 0.3 is 0 Å². The molecule has 0 radical (unpaired) electrons. The van der Waals surface area contributed by atoms with E-state index in [2.05, 4.69) is 20.6 Å². The van der Waals surface area contributed by atoms with E-state index in [0.717, 1.165) is 17.8 Å². The molecule has 3 aromatic rings. The van der Waals surface area contributed by atoms with Crippen molar-refractivity contribution in [2.45, 2.75) is 0 Å². The maximum absolute atomic E-state index is 13.6. The van der Waals surface area contributed by atoms with E-state index < -0.39 is 17.5 Å². The molecule has 0 aliphatic heterocycles. The Hall–Kier alpha value is -3.35. The maximum atomic E-state index is 13.6. The van der Waals surface area contributed by atoms with Gasteiger partial charge in [0.1, 0.15) is 17.3 Å². The van der Waals surface area contributed by atoms with E-state index in [9.17, 15) is 13.6 Å². The molecule has 0 aliphatic carbocycles. The monoisotopic (exact) mass is 326 g/mol. The molecule has 24 heavy (non-hydrogen) atoms. The molecule has 2 N–H and O–H groups in total. The topological polar surface area (TPSA) is 66.9 Å². The van der Waals surface area contributed by atoms with Gasteiger partial charge in [-0.05, 0) is 30.3 Å². The van der Waals surface area contributed by atoms with Gasteiger partial charge in [0.25, 0.3) is 5.91 Å². The number of halogens is 2. The molecule has 0 atom stereocenters. The minimum Gasteiger partial charge on any atom is -0.324 e. The average molecular weight is 326 g/mol. The van der Waals surface area contributed by atoms with Crippen LogP contribution in [0.1, 0.15) is 10.5 Å². The standard InChI is InChI=1S/C17H12F2N4O/c18-11-6-7-14(13(19)10-11)22-16(24)15-8-9-20-17(23-15)21-12-4-2-1-3-5-12/h1-10H,(H,22,24)(H,20,21,23). The van der Waals surface area contributed by atoms with Gasteiger partial charge in [-0.3, -0.25) is 4.79 Å². The number of anilines is 3. The van der Waals surface area contributed by atoms with Crippen LogP contribution in [-0.2, 0) is 0 Å². The van der Waals surface area contributed by atoms with E-state index in [1.54, 1.807) is 0 Å². The Morgan fingerprint density at radius 1 is 1.00 bits per heavy atom. The number of nitrogens with zero attached hydrogens (tertiary/aromatic N) is 2. The van der Waals surface area contributed by atoms with Crippen LogP contribution < -0.4 is 10.6 Å². The van der Waals surface area contributed by atoms with Crippen LogP contribution in [0.2, 0.25) is 0 Å². The molecule has 5 nitrogen and oxygen atoms in total. The lowest BCUT2D eigenvalue weighted by Gasteiger charge is -2.08. The molecule has 120 valence electrons. The third-order valence-electron chi connectivity index (χ3n) is 3.10. The average Bonchev–Trinajstić information content (AvgIpc) is 2.58. The molecule has 0 saturated heterocycles. The zero-order valence-corrected chi connectivity index (χ0v) is 12.3. The first-order valence-electron chi connectivity index (χ1n) is 7.03. The molecular weight excluding hydrogens is 314 g/mol. The highest BCUT2D eigenvalue weighted by molar-refractivity contribution is 6.03. The smallest absolute Gasteiger partial charge is 0.274 e. The number of benzene rings is 2. The number of rotatable bonds is 4. The third kappa shape index (κ3) is 3.70. The number of carbonyl (C=O) groups excluding carboxylic acids is 1. The second-order valence-electron chi connectivity index (χ2n) is 4.83. The number of carbonyl (C=O) groups is 1. The third-order valence-corrected chi connectivity index (χ3v) is 3.10. The fraction of sp³-hybridized carbons (Fsp3) is 0. The summed E-state index contributed by atoms with van der Waals surface area (Å²) >= 11 is 0. The highest BCUT2D eigenvalue weighted by atomic mass is 19.1. The number of amides is 1. The number of nitrogens with one attached hydrogen (secondary N) is 2. The van der Waals surface area contributed by atoms with Gasteiger partial charge in [-0.15, -0.1) is 0 Å². The van der Waals surface area contributed by atoms with Crippen molar-refractivity contribution in [2.75, 3.05) is 10.6 Å². The summed E-state index contributed by atoms with van der Waals surface area (Å²) in [6.07, 6.45) is 1.41. The van der Waals surface area contributed by atoms with Crippen molar-refractivity contribution in [1.29, 1.82) is 0 Å². The number of hydrogen-bond acceptors (Lipinski definition) is 4. The molecule has 0 spiro atoms. The van der Waals surface area contributed by atoms with E-state index in [4.69, 9.17) is 0 Å². The summed E-state index contributed by atoms with van der Waals surface area (Å²) in [6.45, 7) is 0. The maximum Gasteiger partial charge on any atom is 0.274 e. The number of aromatic nitrogens is 2. The van der Waals surface area contributed by atoms with Crippen molar-refractivity contribution in [3.8, 4) is 0 Å². The molecule has 7 heteroatoms. The number of hydrogen-bond donors (Lipinski definition) is 2. The van der Waals surface area contributed by atoms with Gasteiger partial charge in [0, 0.05) is 18.0 Å². The Balaban J connectivity index is 1.77. The van der Waals surface area contributed by atoms with Gasteiger partial charge < -0.3 is 10.6 Å². The summed E-state index contributed by atoms with van der Waals surface area (Å²) in [6, 6.07) is 13.5. The highest BCUT2D eigenvalue weighted by Crippen LogP contribution is 2.16. The summed E-state index contributed by atoms with van der Waals surface area (Å²) in [5.41, 5.74) is 0.685. The quantitative estimate of drug-likeness (QED) is 0.766. The molecule has 0 fully saturated rings. The number of para-hydroxylation sites is 1. The molecule has 1 amide bonds. The molecule has 0 unspecified atom stereocenters. The predicted molar refractivity (Wildman–Crippen MR) is 86.1 cm³/mol. The normalized spacial score (nSPS) is 10.2. The van der Waals surface area contributed by atoms with Crippen molar-refractivity contribution < 1.29 is 13.6 Å². The lowest BCUT2D eigenvalue weighted by atomic mass is 10.3. The van der Waals surface area contributed by atoms with E-state index in [1.807, 2.05) is 30.3 Å². The molecule has 3 rings (SSSR count). The zero-order chi connectivity index (χ0) is 16.9. The second kappa shape index (κ2) is 6.82. The van der Waals surface area contributed by atoms with Crippen LogP contribution in [0.5, 0.6) is 0 Å². The van der Waals surface area contributed by atoms with E-state index >= 15 is 0 Å². The minimum absolute atomic E-state index is 0.0483. The van der Waals surface area contributed by atoms with Crippen LogP contribution in [-0.4, -0.2) is 15.9 Å². The fourth-order valence-corrected chi connectivity index (χ4v) is 1.97. The SMILES string of the molecule is O=C(Nc1ccc(F)cc1F)c1ccnc(Nc2ccccc2)n1. The van der Waals surface area contributed by atoms with Gasteiger partial charge in [-0.25, -0.2) is 18.7 Å². The highest BCUT2D eigenvalue weighted by Gasteiger charge is 2.12. The largest absolute Gasteiger partial charge is 0.324 e. The predicted octanol–water partition coefficient (Wildman–Crippen LogP) is 3.75. The fourth-order valence-electron chi connectivity index (χ4n) is 1.97. The van der Waals surface area contributed by atoms with Crippen molar-refractivity contribution in [3.05, 3.63) is 78.1 Å². The Morgan fingerprint density at radius 3 is 2.54 bits per heavy atom. The van der Waals surface area contributed by atoms with Gasteiger partial charge in [0.2, 0.25) is 5.95 Å². The summed E-state index contributed by atoms with van der Waals surface area (Å²) in [5, 5.41) is 5.30. The van der Waals surface area contributed by atoms with Gasteiger partial charge in [0.15, 0.2) is 0 Å². The molecular formula is C17H12F2N4O. The van der Waals surface area contributed by atoms with E-state index in [-0.39, 0.29) is 17.3 Å². The Morgan fingerprint density at radius 2 is 1.79 bits per heavy atom. The van der Waals surface area contributed by atoms with E-state index in [0.29, 0.717) is 6.07 Å². The summed E-state index contributed by atoms with van der Waals surface area (Å²) < 4.78 is 26.5. The van der Waals surface area contributed by atoms with Crippen LogP contribution in [0.15, 0.2) is 60.8 Å². The molecule has 1 aromatic heterocycles. The Kier molecular flexibility index (Phi) is 4.42. The van der Waals surface area contributed by atoms with Crippen LogP contribution in [0.4, 0.5) is 26.1 Å². The summed E-state index contributed by atoms with van der Waals surface area (Å²) in [5.74, 6) is -1.98. The first kappa shape index (κ1) is 15.5. The van der Waals surface area contributed by atoms with Crippen molar-refractivity contribution in [1.82, 2.24) is 9.97 Å². The summed E-state index contributed by atoms with van der Waals surface area (Å²) in [4.78, 5) is 20.3. The van der Waals surface area contributed by atoms with Crippen LogP contribution in [0.25, 0.3) is 0 Å².